The first kappa shape index (κ1) is 17.6. The molecular formula is C16H17F2N3O3. The highest BCUT2D eigenvalue weighted by Crippen LogP contribution is 2.24. The highest BCUT2D eigenvalue weighted by Gasteiger charge is 2.26. The van der Waals surface area contributed by atoms with Crippen molar-refractivity contribution in [1.82, 2.24) is 9.78 Å². The van der Waals surface area contributed by atoms with Crippen molar-refractivity contribution in [3.8, 4) is 0 Å². The molecule has 0 bridgehead atoms. The Morgan fingerprint density at radius 2 is 1.83 bits per heavy atom. The van der Waals surface area contributed by atoms with Crippen LogP contribution >= 0.6 is 0 Å². The van der Waals surface area contributed by atoms with Crippen molar-refractivity contribution in [1.29, 1.82) is 0 Å². The zero-order valence-corrected chi connectivity index (χ0v) is 13.5. The van der Waals surface area contributed by atoms with E-state index in [2.05, 4.69) is 5.10 Å². The number of aromatic nitrogens is 2. The van der Waals surface area contributed by atoms with E-state index in [1.54, 1.807) is 7.05 Å². The molecule has 1 heterocycles. The molecule has 128 valence electrons. The first-order valence-electron chi connectivity index (χ1n) is 7.20. The SMILES string of the molecule is CC(C)c1nn(C)c(N)c1C(=O)OCC(=O)c1c(F)cccc1F. The number of carbonyl (C=O) groups excluding carboxylic acids is 2. The minimum absolute atomic E-state index is 0.0503. The van der Waals surface area contributed by atoms with Gasteiger partial charge in [0.2, 0.25) is 5.78 Å². The van der Waals surface area contributed by atoms with Gasteiger partial charge >= 0.3 is 5.97 Å². The third kappa shape index (κ3) is 3.27. The summed E-state index contributed by atoms with van der Waals surface area (Å²) in [7, 11) is 1.57. The van der Waals surface area contributed by atoms with Gasteiger partial charge in [0.25, 0.3) is 0 Å². The topological polar surface area (TPSA) is 87.2 Å². The Bertz CT molecular complexity index is 780. The van der Waals surface area contributed by atoms with E-state index in [4.69, 9.17) is 10.5 Å². The van der Waals surface area contributed by atoms with Gasteiger partial charge in [0.05, 0.1) is 11.3 Å². The van der Waals surface area contributed by atoms with E-state index in [1.807, 2.05) is 13.8 Å². The highest BCUT2D eigenvalue weighted by molar-refractivity contribution is 6.01. The van der Waals surface area contributed by atoms with Gasteiger partial charge in [0, 0.05) is 7.05 Å². The standard InChI is InChI=1S/C16H17F2N3O3/c1-8(2)14-13(15(19)21(3)20-14)16(23)24-7-11(22)12-9(17)5-4-6-10(12)18/h4-6,8H,7,19H2,1-3H3. The summed E-state index contributed by atoms with van der Waals surface area (Å²) in [5.41, 5.74) is 5.53. The number of halogens is 2. The molecule has 2 aromatic rings. The van der Waals surface area contributed by atoms with E-state index in [9.17, 15) is 18.4 Å². The summed E-state index contributed by atoms with van der Waals surface area (Å²) in [6, 6.07) is 3.04. The number of benzene rings is 1. The Kier molecular flexibility index (Phi) is 4.96. The summed E-state index contributed by atoms with van der Waals surface area (Å²) in [6.45, 7) is 2.83. The average molecular weight is 337 g/mol. The fourth-order valence-electron chi connectivity index (χ4n) is 2.21. The molecule has 0 atom stereocenters. The van der Waals surface area contributed by atoms with Crippen LogP contribution in [0.2, 0.25) is 0 Å². The van der Waals surface area contributed by atoms with Gasteiger partial charge < -0.3 is 10.5 Å². The Morgan fingerprint density at radius 1 is 1.25 bits per heavy atom. The molecular weight excluding hydrogens is 320 g/mol. The van der Waals surface area contributed by atoms with E-state index in [1.165, 1.54) is 4.68 Å². The predicted octanol–water partition coefficient (Wildman–Crippen LogP) is 2.44. The molecule has 0 spiro atoms. The maximum atomic E-state index is 13.6. The van der Waals surface area contributed by atoms with Gasteiger partial charge in [-0.1, -0.05) is 19.9 Å². The minimum Gasteiger partial charge on any atom is -0.454 e. The lowest BCUT2D eigenvalue weighted by molar-refractivity contribution is 0.0471. The number of nitrogens with two attached hydrogens (primary N) is 1. The van der Waals surface area contributed by atoms with E-state index in [-0.39, 0.29) is 17.3 Å². The third-order valence-corrected chi connectivity index (χ3v) is 3.45. The largest absolute Gasteiger partial charge is 0.454 e. The van der Waals surface area contributed by atoms with Crippen molar-refractivity contribution in [2.45, 2.75) is 19.8 Å². The predicted molar refractivity (Wildman–Crippen MR) is 82.7 cm³/mol. The lowest BCUT2D eigenvalue weighted by Gasteiger charge is -2.08. The molecule has 0 saturated heterocycles. The molecule has 0 radical (unpaired) electrons. The van der Waals surface area contributed by atoms with E-state index >= 15 is 0 Å². The van der Waals surface area contributed by atoms with Gasteiger partial charge in [0.1, 0.15) is 23.0 Å². The molecule has 1 aromatic heterocycles. The number of ketones is 1. The van der Waals surface area contributed by atoms with Crippen LogP contribution in [0.1, 0.15) is 46.2 Å². The van der Waals surface area contributed by atoms with Gasteiger partial charge in [-0.3, -0.25) is 9.48 Å². The summed E-state index contributed by atoms with van der Waals surface area (Å²) >= 11 is 0. The lowest BCUT2D eigenvalue weighted by Crippen LogP contribution is -2.18. The Balaban J connectivity index is 2.19. The number of aryl methyl sites for hydroxylation is 1. The molecule has 0 amide bonds. The van der Waals surface area contributed by atoms with Gasteiger partial charge in [-0.2, -0.15) is 5.10 Å². The zero-order chi connectivity index (χ0) is 18.0. The molecule has 24 heavy (non-hydrogen) atoms. The number of rotatable bonds is 5. The number of Topliss-reactive ketones (excluding diaryl/α,β-unsaturated/α-hetero) is 1. The number of nitrogens with zero attached hydrogens (tertiary/aromatic N) is 2. The molecule has 0 aliphatic carbocycles. The molecule has 2 rings (SSSR count). The van der Waals surface area contributed by atoms with Gasteiger partial charge in [0.15, 0.2) is 6.61 Å². The molecule has 2 N–H and O–H groups in total. The molecule has 0 fully saturated rings. The third-order valence-electron chi connectivity index (χ3n) is 3.45. The quantitative estimate of drug-likeness (QED) is 0.669. The van der Waals surface area contributed by atoms with Crippen LogP contribution in [0.4, 0.5) is 14.6 Å². The number of ether oxygens (including phenoxy) is 1. The Morgan fingerprint density at radius 3 is 2.38 bits per heavy atom. The van der Waals surface area contributed by atoms with Crippen LogP contribution in [0.15, 0.2) is 18.2 Å². The van der Waals surface area contributed by atoms with Crippen LogP contribution in [-0.4, -0.2) is 28.1 Å². The van der Waals surface area contributed by atoms with Crippen molar-refractivity contribution in [2.24, 2.45) is 7.05 Å². The second-order valence-corrected chi connectivity index (χ2v) is 5.52. The van der Waals surface area contributed by atoms with E-state index in [0.717, 1.165) is 18.2 Å². The van der Waals surface area contributed by atoms with Crippen molar-refractivity contribution in [2.75, 3.05) is 12.3 Å². The van der Waals surface area contributed by atoms with Crippen LogP contribution in [0, 0.1) is 11.6 Å². The zero-order valence-electron chi connectivity index (χ0n) is 13.5. The summed E-state index contributed by atoms with van der Waals surface area (Å²) in [6.07, 6.45) is 0. The smallest absolute Gasteiger partial charge is 0.344 e. The lowest BCUT2D eigenvalue weighted by atomic mass is 10.1. The maximum Gasteiger partial charge on any atom is 0.344 e. The number of nitrogen functional groups attached to an aromatic ring is 1. The molecule has 0 unspecified atom stereocenters. The average Bonchev–Trinajstić information content (AvgIpc) is 2.81. The molecule has 0 aliphatic heterocycles. The van der Waals surface area contributed by atoms with Gasteiger partial charge in [-0.15, -0.1) is 0 Å². The van der Waals surface area contributed by atoms with E-state index < -0.39 is 35.6 Å². The van der Waals surface area contributed by atoms with Crippen molar-refractivity contribution in [3.63, 3.8) is 0 Å². The van der Waals surface area contributed by atoms with E-state index in [0.29, 0.717) is 5.69 Å². The highest BCUT2D eigenvalue weighted by atomic mass is 19.1. The minimum atomic E-state index is -1.01. The van der Waals surface area contributed by atoms with Crippen molar-refractivity contribution < 1.29 is 23.1 Å². The van der Waals surface area contributed by atoms with Gasteiger partial charge in [-0.05, 0) is 18.1 Å². The molecule has 0 saturated carbocycles. The molecule has 1 aromatic carbocycles. The number of hydrogen-bond donors (Lipinski definition) is 1. The summed E-state index contributed by atoms with van der Waals surface area (Å²) < 4.78 is 33.3. The Labute approximate surface area is 137 Å². The number of hydrogen-bond acceptors (Lipinski definition) is 5. The molecule has 6 nitrogen and oxygen atoms in total. The summed E-state index contributed by atoms with van der Waals surface area (Å²) in [4.78, 5) is 24.1. The second-order valence-electron chi connectivity index (χ2n) is 5.52. The van der Waals surface area contributed by atoms with Crippen molar-refractivity contribution in [3.05, 3.63) is 46.7 Å². The normalized spacial score (nSPS) is 10.9. The van der Waals surface area contributed by atoms with Crippen LogP contribution in [0.3, 0.4) is 0 Å². The number of esters is 1. The molecule has 0 aliphatic rings. The monoisotopic (exact) mass is 337 g/mol. The Hall–Kier alpha value is -2.77. The van der Waals surface area contributed by atoms with Crippen molar-refractivity contribution >= 4 is 17.6 Å². The fourth-order valence-corrected chi connectivity index (χ4v) is 2.21. The maximum absolute atomic E-state index is 13.6. The fraction of sp³-hybridized carbons (Fsp3) is 0.312. The number of anilines is 1. The van der Waals surface area contributed by atoms with Crippen LogP contribution in [0.25, 0.3) is 0 Å². The molecule has 8 heteroatoms. The second kappa shape index (κ2) is 6.77. The van der Waals surface area contributed by atoms with Crippen LogP contribution < -0.4 is 5.73 Å². The first-order valence-corrected chi connectivity index (χ1v) is 7.20. The first-order chi connectivity index (χ1) is 11.2. The number of carbonyl (C=O) groups is 2. The van der Waals surface area contributed by atoms with Crippen LogP contribution in [-0.2, 0) is 11.8 Å². The van der Waals surface area contributed by atoms with Crippen LogP contribution in [0.5, 0.6) is 0 Å². The van der Waals surface area contributed by atoms with Gasteiger partial charge in [-0.25, -0.2) is 13.6 Å². The summed E-state index contributed by atoms with van der Waals surface area (Å²) in [5, 5.41) is 4.13. The summed E-state index contributed by atoms with van der Waals surface area (Å²) in [5.74, 6) is -3.88.